The molecule has 4 nitrogen and oxygen atoms in total. The van der Waals surface area contributed by atoms with Crippen LogP contribution in [-0.2, 0) is 0 Å². The molecule has 2 rings (SSSR count). The minimum Gasteiger partial charge on any atom is -0.435 e. The summed E-state index contributed by atoms with van der Waals surface area (Å²) in [7, 11) is 0. The van der Waals surface area contributed by atoms with Gasteiger partial charge in [0.2, 0.25) is 0 Å². The molecule has 0 aliphatic carbocycles. The zero-order valence-corrected chi connectivity index (χ0v) is 9.38. The number of nitrogens with one attached hydrogen (secondary N) is 1. The quantitative estimate of drug-likeness (QED) is 0.653. The molecule has 0 saturated heterocycles. The summed E-state index contributed by atoms with van der Waals surface area (Å²) in [4.78, 5) is 4.18. The summed E-state index contributed by atoms with van der Waals surface area (Å²) >= 11 is 1.36. The lowest BCUT2D eigenvalue weighted by molar-refractivity contribution is -0.0498. The Labute approximate surface area is 100 Å². The number of rotatable bonds is 4. The maximum atomic E-state index is 11.9. The first-order chi connectivity index (χ1) is 8.19. The molecule has 90 valence electrons. The maximum absolute atomic E-state index is 11.9. The molecule has 0 unspecified atom stereocenters. The van der Waals surface area contributed by atoms with Crippen LogP contribution in [0.1, 0.15) is 0 Å². The number of hydrogen-bond donors (Lipinski definition) is 2. The Morgan fingerprint density at radius 2 is 2.00 bits per heavy atom. The molecule has 0 amide bonds. The van der Waals surface area contributed by atoms with E-state index < -0.39 is 6.61 Å². The molecule has 1 aromatic carbocycles. The predicted molar refractivity (Wildman–Crippen MR) is 62.0 cm³/mol. The Balaban J connectivity index is 2.17. The number of ether oxygens (including phenoxy) is 1. The number of nitrogen functional groups attached to an aromatic ring is 1. The van der Waals surface area contributed by atoms with Gasteiger partial charge in [-0.05, 0) is 24.3 Å². The summed E-state index contributed by atoms with van der Waals surface area (Å²) in [6.45, 7) is -2.81. The van der Waals surface area contributed by atoms with Crippen LogP contribution in [0.3, 0.4) is 0 Å². The van der Waals surface area contributed by atoms with Gasteiger partial charge in [0, 0.05) is 10.9 Å². The van der Waals surface area contributed by atoms with Crippen molar-refractivity contribution in [1.82, 2.24) is 4.98 Å². The molecule has 0 bridgehead atoms. The number of alkyl halides is 2. The first kappa shape index (κ1) is 11.7. The molecule has 2 aromatic rings. The zero-order chi connectivity index (χ0) is 12.3. The number of aromatic nitrogens is 1. The number of thiazole rings is 1. The Kier molecular flexibility index (Phi) is 3.50. The van der Waals surface area contributed by atoms with Gasteiger partial charge in [0.1, 0.15) is 5.75 Å². The van der Waals surface area contributed by atoms with Crippen molar-refractivity contribution in [1.29, 1.82) is 0 Å². The summed E-state index contributed by atoms with van der Waals surface area (Å²) in [5.41, 5.74) is 3.98. The van der Waals surface area contributed by atoms with Crippen LogP contribution in [0.2, 0.25) is 0 Å². The fourth-order valence-electron chi connectivity index (χ4n) is 1.28. The fourth-order valence-corrected chi connectivity index (χ4v) is 1.91. The van der Waals surface area contributed by atoms with Crippen LogP contribution in [0, 0.1) is 0 Å². The molecule has 0 radical (unpaired) electrons. The summed E-state index contributed by atoms with van der Waals surface area (Å²) in [6, 6.07) is 6.26. The van der Waals surface area contributed by atoms with Gasteiger partial charge >= 0.3 is 6.61 Å². The van der Waals surface area contributed by atoms with E-state index in [1.165, 1.54) is 23.5 Å². The van der Waals surface area contributed by atoms with Gasteiger partial charge in [-0.2, -0.15) is 8.78 Å². The number of nitrogens with two attached hydrogens (primary N) is 1. The molecular formula is C10H9F2N3OS. The maximum Gasteiger partial charge on any atom is 0.387 e. The second-order valence-electron chi connectivity index (χ2n) is 3.09. The largest absolute Gasteiger partial charge is 0.435 e. The molecule has 3 N–H and O–H groups in total. The Morgan fingerprint density at radius 3 is 2.53 bits per heavy atom. The molecule has 0 aliphatic heterocycles. The van der Waals surface area contributed by atoms with E-state index in [0.717, 1.165) is 11.3 Å². The van der Waals surface area contributed by atoms with E-state index in [2.05, 4.69) is 15.1 Å². The molecule has 1 aromatic heterocycles. The number of nitrogens with zero attached hydrogens (tertiary/aromatic N) is 1. The molecule has 1 heterocycles. The van der Waals surface area contributed by atoms with Crippen molar-refractivity contribution in [3.05, 3.63) is 29.6 Å². The second kappa shape index (κ2) is 5.07. The van der Waals surface area contributed by atoms with E-state index in [1.807, 2.05) is 5.38 Å². The number of hydrazine groups is 1. The average molecular weight is 257 g/mol. The third-order valence-electron chi connectivity index (χ3n) is 2.00. The average Bonchev–Trinajstić information content (AvgIpc) is 2.78. The van der Waals surface area contributed by atoms with Crippen molar-refractivity contribution in [2.24, 2.45) is 5.84 Å². The number of anilines is 1. The van der Waals surface area contributed by atoms with Crippen molar-refractivity contribution in [3.8, 4) is 17.0 Å². The molecular weight excluding hydrogens is 248 g/mol. The zero-order valence-electron chi connectivity index (χ0n) is 8.56. The molecule has 0 fully saturated rings. The lowest BCUT2D eigenvalue weighted by Crippen LogP contribution is -2.05. The van der Waals surface area contributed by atoms with Crippen LogP contribution in [0.4, 0.5) is 13.9 Å². The topological polar surface area (TPSA) is 60.2 Å². The lowest BCUT2D eigenvalue weighted by atomic mass is 10.2. The van der Waals surface area contributed by atoms with E-state index in [0.29, 0.717) is 5.13 Å². The molecule has 0 aliphatic rings. The van der Waals surface area contributed by atoms with Crippen LogP contribution in [0.25, 0.3) is 11.3 Å². The highest BCUT2D eigenvalue weighted by Gasteiger charge is 2.06. The number of hydrogen-bond acceptors (Lipinski definition) is 5. The van der Waals surface area contributed by atoms with Crippen molar-refractivity contribution in [2.45, 2.75) is 6.61 Å². The first-order valence-corrected chi connectivity index (χ1v) is 5.54. The van der Waals surface area contributed by atoms with Crippen LogP contribution in [0.5, 0.6) is 5.75 Å². The second-order valence-corrected chi connectivity index (χ2v) is 3.94. The van der Waals surface area contributed by atoms with Gasteiger partial charge in [0.05, 0.1) is 5.69 Å². The van der Waals surface area contributed by atoms with Crippen molar-refractivity contribution >= 4 is 16.5 Å². The third-order valence-corrected chi connectivity index (χ3v) is 2.78. The standard InChI is InChI=1S/C10H9F2N3OS/c11-9(12)16-7-3-1-6(2-4-7)8-5-17-10(14-8)15-13/h1-5,9H,13H2,(H,14,15). The normalized spacial score (nSPS) is 10.6. The van der Waals surface area contributed by atoms with Gasteiger partial charge < -0.3 is 4.74 Å². The summed E-state index contributed by atoms with van der Waals surface area (Å²) in [5, 5.41) is 2.41. The SMILES string of the molecule is NNc1nc(-c2ccc(OC(F)F)cc2)cs1. The third kappa shape index (κ3) is 2.89. The predicted octanol–water partition coefficient (Wildman–Crippen LogP) is 2.70. The van der Waals surface area contributed by atoms with E-state index in [1.54, 1.807) is 12.1 Å². The highest BCUT2D eigenvalue weighted by atomic mass is 32.1. The minimum atomic E-state index is -2.81. The molecule has 0 saturated carbocycles. The minimum absolute atomic E-state index is 0.121. The van der Waals surface area contributed by atoms with Crippen molar-refractivity contribution in [2.75, 3.05) is 5.43 Å². The van der Waals surface area contributed by atoms with Gasteiger partial charge in [-0.3, -0.25) is 5.43 Å². The number of halogens is 2. The summed E-state index contributed by atoms with van der Waals surface area (Å²) in [6.07, 6.45) is 0. The van der Waals surface area contributed by atoms with Crippen molar-refractivity contribution in [3.63, 3.8) is 0 Å². The van der Waals surface area contributed by atoms with Crippen LogP contribution in [-0.4, -0.2) is 11.6 Å². The van der Waals surface area contributed by atoms with Gasteiger partial charge in [-0.1, -0.05) is 0 Å². The lowest BCUT2D eigenvalue weighted by Gasteiger charge is -2.04. The van der Waals surface area contributed by atoms with E-state index in [4.69, 9.17) is 5.84 Å². The number of benzene rings is 1. The Hall–Kier alpha value is -1.73. The van der Waals surface area contributed by atoms with Gasteiger partial charge in [0.15, 0.2) is 5.13 Å². The van der Waals surface area contributed by atoms with Gasteiger partial charge in [0.25, 0.3) is 0 Å². The molecule has 0 spiro atoms. The Morgan fingerprint density at radius 1 is 1.29 bits per heavy atom. The molecule has 0 atom stereocenters. The van der Waals surface area contributed by atoms with Crippen LogP contribution in [0.15, 0.2) is 29.6 Å². The van der Waals surface area contributed by atoms with E-state index in [9.17, 15) is 8.78 Å². The highest BCUT2D eigenvalue weighted by Crippen LogP contribution is 2.26. The molecule has 17 heavy (non-hydrogen) atoms. The van der Waals surface area contributed by atoms with Crippen LogP contribution < -0.4 is 16.0 Å². The first-order valence-electron chi connectivity index (χ1n) is 4.66. The van der Waals surface area contributed by atoms with Gasteiger partial charge in [-0.25, -0.2) is 10.8 Å². The van der Waals surface area contributed by atoms with Gasteiger partial charge in [-0.15, -0.1) is 11.3 Å². The Bertz CT molecular complexity index is 487. The smallest absolute Gasteiger partial charge is 0.387 e. The summed E-state index contributed by atoms with van der Waals surface area (Å²) < 4.78 is 28.1. The van der Waals surface area contributed by atoms with E-state index >= 15 is 0 Å². The van der Waals surface area contributed by atoms with E-state index in [-0.39, 0.29) is 5.75 Å². The van der Waals surface area contributed by atoms with Crippen molar-refractivity contribution < 1.29 is 13.5 Å². The van der Waals surface area contributed by atoms with Crippen LogP contribution >= 0.6 is 11.3 Å². The fraction of sp³-hybridized carbons (Fsp3) is 0.100. The molecule has 7 heteroatoms. The summed E-state index contributed by atoms with van der Waals surface area (Å²) in [5.74, 6) is 5.34. The monoisotopic (exact) mass is 257 g/mol. The highest BCUT2D eigenvalue weighted by molar-refractivity contribution is 7.14.